The van der Waals surface area contributed by atoms with Gasteiger partial charge < -0.3 is 10.2 Å². The predicted octanol–water partition coefficient (Wildman–Crippen LogP) is 2.91. The van der Waals surface area contributed by atoms with E-state index in [1.54, 1.807) is 0 Å². The highest BCUT2D eigenvalue weighted by Crippen LogP contribution is 2.40. The van der Waals surface area contributed by atoms with Crippen molar-refractivity contribution in [1.29, 1.82) is 0 Å². The van der Waals surface area contributed by atoms with Crippen LogP contribution < -0.4 is 10.2 Å². The van der Waals surface area contributed by atoms with Crippen molar-refractivity contribution >= 4 is 11.9 Å². The molecule has 1 aliphatic carbocycles. The number of hydrogen-bond acceptors (Lipinski definition) is 5. The fourth-order valence-corrected chi connectivity index (χ4v) is 2.57. The van der Waals surface area contributed by atoms with E-state index in [4.69, 9.17) is 0 Å². The highest BCUT2D eigenvalue weighted by molar-refractivity contribution is 5.63. The molecule has 1 aliphatic rings. The lowest BCUT2D eigenvalue weighted by atomic mass is 9.78. The van der Waals surface area contributed by atoms with E-state index in [1.165, 1.54) is 24.8 Å². The Morgan fingerprint density at radius 3 is 2.48 bits per heavy atom. The molecule has 1 aromatic heterocycles. The zero-order valence-corrected chi connectivity index (χ0v) is 12.8. The number of rotatable bonds is 4. The molecule has 0 unspecified atom stereocenters. The second kappa shape index (κ2) is 5.68. The summed E-state index contributed by atoms with van der Waals surface area (Å²) in [6.07, 6.45) is 3.85. The first-order valence-corrected chi connectivity index (χ1v) is 7.39. The van der Waals surface area contributed by atoms with Gasteiger partial charge in [0.05, 0.1) is 0 Å². The summed E-state index contributed by atoms with van der Waals surface area (Å²) < 4.78 is 0. The van der Waals surface area contributed by atoms with E-state index in [0.29, 0.717) is 17.8 Å². The second-order valence-electron chi connectivity index (χ2n) is 5.64. The monoisotopic (exact) mass is 283 g/mol. The summed E-state index contributed by atoms with van der Waals surface area (Å²) in [7, 11) is 5.71. The zero-order chi connectivity index (χ0) is 14.8. The van der Waals surface area contributed by atoms with Crippen LogP contribution in [0.2, 0.25) is 0 Å². The molecule has 21 heavy (non-hydrogen) atoms. The molecule has 0 bridgehead atoms. The van der Waals surface area contributed by atoms with Gasteiger partial charge in [0, 0.05) is 26.7 Å². The Kier molecular flexibility index (Phi) is 3.73. The van der Waals surface area contributed by atoms with E-state index in [2.05, 4.69) is 44.5 Å². The van der Waals surface area contributed by atoms with Crippen molar-refractivity contribution in [1.82, 2.24) is 15.0 Å². The van der Waals surface area contributed by atoms with Gasteiger partial charge >= 0.3 is 0 Å². The Morgan fingerprint density at radius 2 is 1.86 bits per heavy atom. The number of anilines is 2. The minimum atomic E-state index is 0.604. The lowest BCUT2D eigenvalue weighted by molar-refractivity contribution is 0.420. The molecule has 3 rings (SSSR count). The van der Waals surface area contributed by atoms with Gasteiger partial charge in [-0.05, 0) is 24.3 Å². The van der Waals surface area contributed by atoms with Crippen LogP contribution in [0.5, 0.6) is 0 Å². The van der Waals surface area contributed by atoms with E-state index in [-0.39, 0.29) is 0 Å². The maximum atomic E-state index is 4.62. The van der Waals surface area contributed by atoms with Gasteiger partial charge in [0.15, 0.2) is 5.82 Å². The van der Waals surface area contributed by atoms with Gasteiger partial charge in [-0.25, -0.2) is 0 Å². The Hall–Kier alpha value is -2.17. The third kappa shape index (κ3) is 2.68. The normalized spacial score (nSPS) is 14.6. The van der Waals surface area contributed by atoms with Crippen LogP contribution in [-0.4, -0.2) is 36.1 Å². The Balaban J connectivity index is 2.09. The van der Waals surface area contributed by atoms with E-state index in [1.807, 2.05) is 26.0 Å². The highest BCUT2D eigenvalue weighted by Gasteiger charge is 2.23. The summed E-state index contributed by atoms with van der Waals surface area (Å²) >= 11 is 0. The van der Waals surface area contributed by atoms with Gasteiger partial charge in [0.1, 0.15) is 0 Å². The van der Waals surface area contributed by atoms with Crippen LogP contribution in [0, 0.1) is 0 Å². The average Bonchev–Trinajstić information content (AvgIpc) is 2.45. The van der Waals surface area contributed by atoms with E-state index in [0.717, 1.165) is 11.4 Å². The Bertz CT molecular complexity index is 634. The summed E-state index contributed by atoms with van der Waals surface area (Å²) in [5, 5.41) is 3.02. The van der Waals surface area contributed by atoms with Crippen LogP contribution in [0.15, 0.2) is 24.3 Å². The topological polar surface area (TPSA) is 53.9 Å². The number of aromatic nitrogens is 3. The molecule has 0 aliphatic heterocycles. The van der Waals surface area contributed by atoms with Crippen LogP contribution >= 0.6 is 0 Å². The van der Waals surface area contributed by atoms with Gasteiger partial charge in [0.25, 0.3) is 0 Å². The summed E-state index contributed by atoms with van der Waals surface area (Å²) in [4.78, 5) is 15.4. The summed E-state index contributed by atoms with van der Waals surface area (Å²) in [5.41, 5.74) is 2.49. The maximum absolute atomic E-state index is 4.62. The summed E-state index contributed by atoms with van der Waals surface area (Å²) in [5.74, 6) is 2.68. The third-order valence-electron chi connectivity index (χ3n) is 3.99. The minimum absolute atomic E-state index is 0.604. The molecule has 1 aromatic carbocycles. The van der Waals surface area contributed by atoms with Gasteiger partial charge in [0.2, 0.25) is 11.9 Å². The van der Waals surface area contributed by atoms with Gasteiger partial charge in [-0.3, -0.25) is 0 Å². The van der Waals surface area contributed by atoms with Crippen LogP contribution in [0.25, 0.3) is 11.4 Å². The van der Waals surface area contributed by atoms with Crippen molar-refractivity contribution in [3.05, 3.63) is 29.8 Å². The molecule has 1 heterocycles. The fraction of sp³-hybridized carbons (Fsp3) is 0.438. The first-order chi connectivity index (χ1) is 10.2. The molecule has 0 atom stereocenters. The molecule has 0 radical (unpaired) electrons. The van der Waals surface area contributed by atoms with Crippen molar-refractivity contribution in [2.45, 2.75) is 25.2 Å². The molecule has 0 saturated heterocycles. The van der Waals surface area contributed by atoms with Crippen LogP contribution in [0.4, 0.5) is 11.9 Å². The molecule has 5 nitrogen and oxygen atoms in total. The largest absolute Gasteiger partial charge is 0.357 e. The summed E-state index contributed by atoms with van der Waals surface area (Å²) in [6.45, 7) is 0. The quantitative estimate of drug-likeness (QED) is 0.935. The average molecular weight is 283 g/mol. The highest BCUT2D eigenvalue weighted by atomic mass is 15.3. The standard InChI is InChI=1S/C16H21N5/c1-17-15-18-14(19-16(20-15)21(2)3)13-10-5-4-9-12(13)11-7-6-8-11/h4-5,9-11H,6-8H2,1-3H3,(H,17,18,19,20). The van der Waals surface area contributed by atoms with Crippen molar-refractivity contribution in [3.8, 4) is 11.4 Å². The van der Waals surface area contributed by atoms with Crippen molar-refractivity contribution in [3.63, 3.8) is 0 Å². The van der Waals surface area contributed by atoms with Gasteiger partial charge in [-0.2, -0.15) is 15.0 Å². The summed E-state index contributed by atoms with van der Waals surface area (Å²) in [6, 6.07) is 8.47. The van der Waals surface area contributed by atoms with E-state index >= 15 is 0 Å². The van der Waals surface area contributed by atoms with E-state index < -0.39 is 0 Å². The molecular formula is C16H21N5. The smallest absolute Gasteiger partial charge is 0.230 e. The molecular weight excluding hydrogens is 262 g/mol. The molecule has 0 spiro atoms. The lowest BCUT2D eigenvalue weighted by Gasteiger charge is -2.27. The van der Waals surface area contributed by atoms with Crippen LogP contribution in [0.1, 0.15) is 30.7 Å². The number of hydrogen-bond donors (Lipinski definition) is 1. The van der Waals surface area contributed by atoms with Crippen LogP contribution in [-0.2, 0) is 0 Å². The molecule has 1 N–H and O–H groups in total. The Labute approximate surface area is 125 Å². The molecule has 110 valence electrons. The molecule has 1 saturated carbocycles. The molecule has 2 aromatic rings. The number of nitrogens with one attached hydrogen (secondary N) is 1. The first-order valence-electron chi connectivity index (χ1n) is 7.39. The predicted molar refractivity (Wildman–Crippen MR) is 85.7 cm³/mol. The van der Waals surface area contributed by atoms with Crippen molar-refractivity contribution in [2.24, 2.45) is 0 Å². The van der Waals surface area contributed by atoms with Crippen molar-refractivity contribution < 1.29 is 0 Å². The Morgan fingerprint density at radius 1 is 1.10 bits per heavy atom. The van der Waals surface area contributed by atoms with Gasteiger partial charge in [-0.15, -0.1) is 0 Å². The maximum Gasteiger partial charge on any atom is 0.230 e. The van der Waals surface area contributed by atoms with Gasteiger partial charge in [-0.1, -0.05) is 30.7 Å². The molecule has 1 fully saturated rings. The second-order valence-corrected chi connectivity index (χ2v) is 5.64. The lowest BCUT2D eigenvalue weighted by Crippen LogP contribution is -2.16. The zero-order valence-electron chi connectivity index (χ0n) is 12.8. The third-order valence-corrected chi connectivity index (χ3v) is 3.99. The number of benzene rings is 1. The number of nitrogens with zero attached hydrogens (tertiary/aromatic N) is 4. The van der Waals surface area contributed by atoms with Crippen LogP contribution in [0.3, 0.4) is 0 Å². The van der Waals surface area contributed by atoms with E-state index in [9.17, 15) is 0 Å². The van der Waals surface area contributed by atoms with Crippen molar-refractivity contribution in [2.75, 3.05) is 31.4 Å². The first kappa shape index (κ1) is 13.8. The SMILES string of the molecule is CNc1nc(-c2ccccc2C2CCC2)nc(N(C)C)n1. The minimum Gasteiger partial charge on any atom is -0.357 e. The fourth-order valence-electron chi connectivity index (χ4n) is 2.57. The molecule has 5 heteroatoms. The molecule has 0 amide bonds.